The van der Waals surface area contributed by atoms with Gasteiger partial charge in [0.05, 0.1) is 0 Å². The SMILES string of the molecule is CC(C)(C)NC(=O)C1c2ccccc2C(=O)N1C1CCCCC1. The molecule has 0 radical (unpaired) electrons. The zero-order chi connectivity index (χ0) is 16.6. The van der Waals surface area contributed by atoms with Crippen molar-refractivity contribution in [2.24, 2.45) is 0 Å². The number of carbonyl (C=O) groups excluding carboxylic acids is 2. The van der Waals surface area contributed by atoms with E-state index in [4.69, 9.17) is 0 Å². The Morgan fingerprint density at radius 1 is 1.13 bits per heavy atom. The summed E-state index contributed by atoms with van der Waals surface area (Å²) in [6.45, 7) is 5.91. The molecule has 4 heteroatoms. The molecule has 0 saturated heterocycles. The minimum Gasteiger partial charge on any atom is -0.349 e. The van der Waals surface area contributed by atoms with Gasteiger partial charge in [-0.25, -0.2) is 0 Å². The molecular formula is C19H26N2O2. The van der Waals surface area contributed by atoms with Crippen LogP contribution in [0, 0.1) is 0 Å². The fourth-order valence-electron chi connectivity index (χ4n) is 3.78. The summed E-state index contributed by atoms with van der Waals surface area (Å²) in [5.41, 5.74) is 1.23. The monoisotopic (exact) mass is 314 g/mol. The Morgan fingerprint density at radius 3 is 2.43 bits per heavy atom. The van der Waals surface area contributed by atoms with Crippen molar-refractivity contribution < 1.29 is 9.59 Å². The summed E-state index contributed by atoms with van der Waals surface area (Å²) < 4.78 is 0. The molecule has 0 spiro atoms. The maximum Gasteiger partial charge on any atom is 0.255 e. The predicted octanol–water partition coefficient (Wildman–Crippen LogP) is 3.43. The quantitative estimate of drug-likeness (QED) is 0.909. The highest BCUT2D eigenvalue weighted by molar-refractivity contribution is 6.05. The van der Waals surface area contributed by atoms with Crippen LogP contribution in [-0.4, -0.2) is 28.3 Å². The first-order valence-electron chi connectivity index (χ1n) is 8.62. The topological polar surface area (TPSA) is 49.4 Å². The Kier molecular flexibility index (Phi) is 4.17. The van der Waals surface area contributed by atoms with E-state index in [0.29, 0.717) is 5.56 Å². The molecule has 1 aliphatic carbocycles. The summed E-state index contributed by atoms with van der Waals surface area (Å²) in [6.07, 6.45) is 5.50. The molecule has 1 aromatic rings. The molecule has 0 aromatic heterocycles. The molecule has 1 aliphatic heterocycles. The third kappa shape index (κ3) is 3.12. The molecule has 124 valence electrons. The van der Waals surface area contributed by atoms with Crippen molar-refractivity contribution in [3.63, 3.8) is 0 Å². The van der Waals surface area contributed by atoms with Crippen molar-refractivity contribution in [3.8, 4) is 0 Å². The van der Waals surface area contributed by atoms with Gasteiger partial charge >= 0.3 is 0 Å². The van der Waals surface area contributed by atoms with Crippen molar-refractivity contribution in [1.82, 2.24) is 10.2 Å². The molecule has 1 heterocycles. The highest BCUT2D eigenvalue weighted by Gasteiger charge is 2.44. The number of nitrogens with zero attached hydrogens (tertiary/aromatic N) is 1. The van der Waals surface area contributed by atoms with Crippen LogP contribution >= 0.6 is 0 Å². The second-order valence-electron chi connectivity index (χ2n) is 7.73. The molecule has 1 atom stereocenters. The number of fused-ring (bicyclic) bond motifs is 1. The van der Waals surface area contributed by atoms with Crippen molar-refractivity contribution in [2.75, 3.05) is 0 Å². The number of nitrogens with one attached hydrogen (secondary N) is 1. The van der Waals surface area contributed by atoms with Crippen LogP contribution in [0.4, 0.5) is 0 Å². The summed E-state index contributed by atoms with van der Waals surface area (Å²) in [5.74, 6) is -0.0528. The lowest BCUT2D eigenvalue weighted by Crippen LogP contribution is -2.49. The molecule has 1 saturated carbocycles. The van der Waals surface area contributed by atoms with Crippen LogP contribution < -0.4 is 5.32 Å². The Morgan fingerprint density at radius 2 is 1.78 bits per heavy atom. The third-order valence-corrected chi connectivity index (χ3v) is 4.71. The zero-order valence-electron chi connectivity index (χ0n) is 14.3. The van der Waals surface area contributed by atoms with Crippen LogP contribution in [0.2, 0.25) is 0 Å². The van der Waals surface area contributed by atoms with Gasteiger partial charge in [0.15, 0.2) is 0 Å². The molecule has 1 aromatic carbocycles. The number of carbonyl (C=O) groups is 2. The first kappa shape index (κ1) is 16.0. The number of benzene rings is 1. The molecule has 4 nitrogen and oxygen atoms in total. The van der Waals surface area contributed by atoms with Gasteiger partial charge in [0.2, 0.25) is 5.91 Å². The molecule has 1 unspecified atom stereocenters. The van der Waals surface area contributed by atoms with E-state index in [9.17, 15) is 9.59 Å². The minimum absolute atomic E-state index is 0.0153. The van der Waals surface area contributed by atoms with Crippen LogP contribution in [0.1, 0.15) is 74.8 Å². The first-order valence-corrected chi connectivity index (χ1v) is 8.62. The van der Waals surface area contributed by atoms with Gasteiger partial charge in [0, 0.05) is 17.1 Å². The summed E-state index contributed by atoms with van der Waals surface area (Å²) in [7, 11) is 0. The molecule has 2 amide bonds. The summed E-state index contributed by atoms with van der Waals surface area (Å²) >= 11 is 0. The summed E-state index contributed by atoms with van der Waals surface area (Å²) in [5, 5.41) is 3.06. The average Bonchev–Trinajstić information content (AvgIpc) is 2.80. The zero-order valence-corrected chi connectivity index (χ0v) is 14.3. The van der Waals surface area contributed by atoms with E-state index in [2.05, 4.69) is 5.32 Å². The number of hydrogen-bond acceptors (Lipinski definition) is 2. The highest BCUT2D eigenvalue weighted by atomic mass is 16.2. The van der Waals surface area contributed by atoms with E-state index in [-0.39, 0.29) is 23.4 Å². The van der Waals surface area contributed by atoms with E-state index < -0.39 is 6.04 Å². The fraction of sp³-hybridized carbons (Fsp3) is 0.579. The van der Waals surface area contributed by atoms with Gasteiger partial charge < -0.3 is 10.2 Å². The fourth-order valence-corrected chi connectivity index (χ4v) is 3.78. The van der Waals surface area contributed by atoms with Crippen LogP contribution in [0.15, 0.2) is 24.3 Å². The Hall–Kier alpha value is -1.84. The van der Waals surface area contributed by atoms with E-state index >= 15 is 0 Å². The number of rotatable bonds is 2. The lowest BCUT2D eigenvalue weighted by Gasteiger charge is -2.36. The first-order chi connectivity index (χ1) is 10.9. The Bertz CT molecular complexity index is 612. The standard InChI is InChI=1S/C19H26N2O2/c1-19(2,3)20-17(22)16-14-11-7-8-12-15(14)18(23)21(16)13-9-5-4-6-10-13/h7-8,11-13,16H,4-6,9-10H2,1-3H3,(H,20,22). The minimum atomic E-state index is -0.485. The van der Waals surface area contributed by atoms with Crippen molar-refractivity contribution >= 4 is 11.8 Å². The largest absolute Gasteiger partial charge is 0.349 e. The van der Waals surface area contributed by atoms with Gasteiger partial charge in [-0.05, 0) is 45.2 Å². The van der Waals surface area contributed by atoms with E-state index in [1.807, 2.05) is 49.9 Å². The average molecular weight is 314 g/mol. The van der Waals surface area contributed by atoms with Gasteiger partial charge in [0.1, 0.15) is 6.04 Å². The van der Waals surface area contributed by atoms with Crippen LogP contribution in [0.5, 0.6) is 0 Å². The Labute approximate surface area is 138 Å². The lowest BCUT2D eigenvalue weighted by atomic mass is 9.93. The van der Waals surface area contributed by atoms with Crippen LogP contribution in [0.25, 0.3) is 0 Å². The van der Waals surface area contributed by atoms with E-state index in [1.165, 1.54) is 6.42 Å². The molecule has 2 aliphatic rings. The molecule has 0 bridgehead atoms. The highest BCUT2D eigenvalue weighted by Crippen LogP contribution is 2.39. The maximum atomic E-state index is 12.9. The second kappa shape index (κ2) is 5.99. The molecule has 3 rings (SSSR count). The lowest BCUT2D eigenvalue weighted by molar-refractivity contribution is -0.128. The Balaban J connectivity index is 1.96. The maximum absolute atomic E-state index is 12.9. The third-order valence-electron chi connectivity index (χ3n) is 4.71. The summed E-state index contributed by atoms with van der Waals surface area (Å²) in [4.78, 5) is 27.7. The van der Waals surface area contributed by atoms with Crippen LogP contribution in [0.3, 0.4) is 0 Å². The predicted molar refractivity (Wildman–Crippen MR) is 90.1 cm³/mol. The van der Waals surface area contributed by atoms with E-state index in [0.717, 1.165) is 31.2 Å². The number of hydrogen-bond donors (Lipinski definition) is 1. The molecular weight excluding hydrogens is 288 g/mol. The molecule has 23 heavy (non-hydrogen) atoms. The smallest absolute Gasteiger partial charge is 0.255 e. The summed E-state index contributed by atoms with van der Waals surface area (Å²) in [6, 6.07) is 7.24. The number of amides is 2. The van der Waals surface area contributed by atoms with Crippen LogP contribution in [-0.2, 0) is 4.79 Å². The van der Waals surface area contributed by atoms with Gasteiger partial charge in [-0.2, -0.15) is 0 Å². The van der Waals surface area contributed by atoms with Crippen molar-refractivity contribution in [2.45, 2.75) is 70.5 Å². The van der Waals surface area contributed by atoms with Gasteiger partial charge in [-0.3, -0.25) is 9.59 Å². The van der Waals surface area contributed by atoms with Gasteiger partial charge in [0.25, 0.3) is 5.91 Å². The molecule has 1 fully saturated rings. The van der Waals surface area contributed by atoms with E-state index in [1.54, 1.807) is 0 Å². The van der Waals surface area contributed by atoms with Crippen molar-refractivity contribution in [3.05, 3.63) is 35.4 Å². The molecule has 1 N–H and O–H groups in total. The second-order valence-corrected chi connectivity index (χ2v) is 7.73. The van der Waals surface area contributed by atoms with Crippen molar-refractivity contribution in [1.29, 1.82) is 0 Å². The van der Waals surface area contributed by atoms with Gasteiger partial charge in [-0.1, -0.05) is 37.5 Å². The van der Waals surface area contributed by atoms with Gasteiger partial charge in [-0.15, -0.1) is 0 Å². The normalized spacial score (nSPS) is 22.1.